The van der Waals surface area contributed by atoms with Crippen LogP contribution in [0.5, 0.6) is 0 Å². The quantitative estimate of drug-likeness (QED) is 0.344. The topological polar surface area (TPSA) is 0 Å². The fourth-order valence-electron chi connectivity index (χ4n) is 2.04. The van der Waals surface area contributed by atoms with Gasteiger partial charge in [-0.3, -0.25) is 0 Å². The molecule has 0 rings (SSSR count). The Morgan fingerprint density at radius 2 is 1.80 bits per heavy atom. The maximum absolute atomic E-state index is 4.14. The Bertz CT molecular complexity index is 157. The molecule has 0 aromatic rings. The first-order chi connectivity index (χ1) is 7.11. The van der Waals surface area contributed by atoms with Crippen LogP contribution in [0.25, 0.3) is 0 Å². The molecule has 0 fully saturated rings. The van der Waals surface area contributed by atoms with Gasteiger partial charge in [0.25, 0.3) is 0 Å². The van der Waals surface area contributed by atoms with Gasteiger partial charge < -0.3 is 0 Å². The summed E-state index contributed by atoms with van der Waals surface area (Å²) in [7, 11) is 0. The van der Waals surface area contributed by atoms with E-state index in [2.05, 4.69) is 34.3 Å². The summed E-state index contributed by atoms with van der Waals surface area (Å²) in [5.41, 5.74) is 1.40. The molecule has 0 saturated heterocycles. The van der Waals surface area contributed by atoms with Crippen LogP contribution in [0.4, 0.5) is 0 Å². The average molecular weight is 210 g/mol. The Morgan fingerprint density at radius 1 is 1.13 bits per heavy atom. The predicted octanol–water partition coefficient (Wildman–Crippen LogP) is 5.59. The molecule has 0 N–H and O–H groups in total. The zero-order valence-corrected chi connectivity index (χ0v) is 11.3. The molecule has 15 heavy (non-hydrogen) atoms. The van der Waals surface area contributed by atoms with E-state index in [0.29, 0.717) is 0 Å². The summed E-state index contributed by atoms with van der Waals surface area (Å²) in [4.78, 5) is 0. The predicted molar refractivity (Wildman–Crippen MR) is 71.1 cm³/mol. The standard InChI is InChI=1S/C15H30/c1-6-8-9-10-11-15(13(3)4)12-14(5)7-2/h14-15H,3,6-12H2,1-2,4-5H3. The van der Waals surface area contributed by atoms with Crippen molar-refractivity contribution >= 4 is 0 Å². The maximum atomic E-state index is 4.14. The van der Waals surface area contributed by atoms with E-state index >= 15 is 0 Å². The van der Waals surface area contributed by atoms with Crippen LogP contribution in [0.15, 0.2) is 12.2 Å². The van der Waals surface area contributed by atoms with E-state index in [1.54, 1.807) is 0 Å². The smallest absolute Gasteiger partial charge is 0.0206 e. The van der Waals surface area contributed by atoms with Crippen molar-refractivity contribution in [2.75, 3.05) is 0 Å². The van der Waals surface area contributed by atoms with Gasteiger partial charge in [0.2, 0.25) is 0 Å². The lowest BCUT2D eigenvalue weighted by Gasteiger charge is -2.20. The molecule has 0 saturated carbocycles. The highest BCUT2D eigenvalue weighted by atomic mass is 14.2. The van der Waals surface area contributed by atoms with Gasteiger partial charge >= 0.3 is 0 Å². The third kappa shape index (κ3) is 7.64. The van der Waals surface area contributed by atoms with Crippen LogP contribution in [-0.4, -0.2) is 0 Å². The molecule has 2 unspecified atom stereocenters. The lowest BCUT2D eigenvalue weighted by atomic mass is 9.86. The summed E-state index contributed by atoms with van der Waals surface area (Å²) in [6, 6.07) is 0. The lowest BCUT2D eigenvalue weighted by Crippen LogP contribution is -2.07. The van der Waals surface area contributed by atoms with Crippen LogP contribution < -0.4 is 0 Å². The zero-order valence-electron chi connectivity index (χ0n) is 11.3. The van der Waals surface area contributed by atoms with Crippen LogP contribution in [0.1, 0.15) is 72.6 Å². The van der Waals surface area contributed by atoms with Crippen LogP contribution in [0.2, 0.25) is 0 Å². The second kappa shape index (κ2) is 9.00. The number of rotatable bonds is 9. The highest BCUT2D eigenvalue weighted by Gasteiger charge is 2.12. The zero-order chi connectivity index (χ0) is 11.7. The van der Waals surface area contributed by atoms with E-state index in [-0.39, 0.29) is 0 Å². The van der Waals surface area contributed by atoms with Crippen molar-refractivity contribution in [3.63, 3.8) is 0 Å². The highest BCUT2D eigenvalue weighted by molar-refractivity contribution is 4.96. The van der Waals surface area contributed by atoms with Gasteiger partial charge in [-0.2, -0.15) is 0 Å². The van der Waals surface area contributed by atoms with Crippen molar-refractivity contribution in [1.29, 1.82) is 0 Å². The SMILES string of the molecule is C=C(C)C(CCCCCC)CC(C)CC. The van der Waals surface area contributed by atoms with Crippen molar-refractivity contribution in [3.05, 3.63) is 12.2 Å². The first-order valence-corrected chi connectivity index (χ1v) is 6.77. The first kappa shape index (κ1) is 14.7. The summed E-state index contributed by atoms with van der Waals surface area (Å²) < 4.78 is 0. The molecule has 90 valence electrons. The molecule has 2 atom stereocenters. The van der Waals surface area contributed by atoms with Gasteiger partial charge in [-0.25, -0.2) is 0 Å². The number of unbranched alkanes of at least 4 members (excludes halogenated alkanes) is 3. The molecule has 0 spiro atoms. The van der Waals surface area contributed by atoms with E-state index in [1.807, 2.05) is 0 Å². The molecular formula is C15H30. The second-order valence-electron chi connectivity index (χ2n) is 5.14. The fourth-order valence-corrected chi connectivity index (χ4v) is 2.04. The Kier molecular flexibility index (Phi) is 8.85. The third-order valence-corrected chi connectivity index (χ3v) is 3.49. The molecule has 0 nitrogen and oxygen atoms in total. The fraction of sp³-hybridized carbons (Fsp3) is 0.867. The molecule has 0 aromatic carbocycles. The number of hydrogen-bond donors (Lipinski definition) is 0. The monoisotopic (exact) mass is 210 g/mol. The molecular weight excluding hydrogens is 180 g/mol. The van der Waals surface area contributed by atoms with Crippen LogP contribution in [-0.2, 0) is 0 Å². The Morgan fingerprint density at radius 3 is 2.27 bits per heavy atom. The van der Waals surface area contributed by atoms with Crippen molar-refractivity contribution in [3.8, 4) is 0 Å². The molecule has 0 bridgehead atoms. The highest BCUT2D eigenvalue weighted by Crippen LogP contribution is 2.26. The van der Waals surface area contributed by atoms with Gasteiger partial charge in [0.15, 0.2) is 0 Å². The van der Waals surface area contributed by atoms with Crippen LogP contribution in [0, 0.1) is 11.8 Å². The van der Waals surface area contributed by atoms with E-state index in [4.69, 9.17) is 0 Å². The van der Waals surface area contributed by atoms with Gasteiger partial charge in [0, 0.05) is 0 Å². The molecule has 0 aliphatic heterocycles. The lowest BCUT2D eigenvalue weighted by molar-refractivity contribution is 0.391. The Labute approximate surface area is 97.2 Å². The Hall–Kier alpha value is -0.260. The molecule has 0 aromatic heterocycles. The molecule has 0 heterocycles. The van der Waals surface area contributed by atoms with Gasteiger partial charge in [-0.15, -0.1) is 0 Å². The molecule has 0 heteroatoms. The second-order valence-corrected chi connectivity index (χ2v) is 5.14. The summed E-state index contributed by atoms with van der Waals surface area (Å²) in [5.74, 6) is 1.63. The Balaban J connectivity index is 3.78. The minimum Gasteiger partial charge on any atom is -0.0999 e. The van der Waals surface area contributed by atoms with E-state index in [0.717, 1.165) is 11.8 Å². The van der Waals surface area contributed by atoms with Crippen molar-refractivity contribution in [2.24, 2.45) is 11.8 Å². The number of allylic oxidation sites excluding steroid dienone is 1. The van der Waals surface area contributed by atoms with E-state index < -0.39 is 0 Å². The summed E-state index contributed by atoms with van der Waals surface area (Å²) in [6.45, 7) is 13.3. The molecule has 0 radical (unpaired) electrons. The van der Waals surface area contributed by atoms with Gasteiger partial charge in [0.1, 0.15) is 0 Å². The van der Waals surface area contributed by atoms with Crippen molar-refractivity contribution in [2.45, 2.75) is 72.6 Å². The molecule has 0 aliphatic carbocycles. The van der Waals surface area contributed by atoms with Crippen LogP contribution in [0.3, 0.4) is 0 Å². The maximum Gasteiger partial charge on any atom is -0.0206 e. The summed E-state index contributed by atoms with van der Waals surface area (Å²) in [5, 5.41) is 0. The van der Waals surface area contributed by atoms with Gasteiger partial charge in [-0.05, 0) is 31.6 Å². The average Bonchev–Trinajstić information content (AvgIpc) is 2.21. The number of hydrogen-bond acceptors (Lipinski definition) is 0. The first-order valence-electron chi connectivity index (χ1n) is 6.77. The third-order valence-electron chi connectivity index (χ3n) is 3.49. The van der Waals surface area contributed by atoms with E-state index in [1.165, 1.54) is 50.5 Å². The van der Waals surface area contributed by atoms with Crippen LogP contribution >= 0.6 is 0 Å². The molecule has 0 aliphatic rings. The largest absolute Gasteiger partial charge is 0.0999 e. The minimum absolute atomic E-state index is 0.775. The van der Waals surface area contributed by atoms with Crippen molar-refractivity contribution < 1.29 is 0 Å². The summed E-state index contributed by atoms with van der Waals surface area (Å²) >= 11 is 0. The van der Waals surface area contributed by atoms with Gasteiger partial charge in [-0.1, -0.05) is 65.0 Å². The van der Waals surface area contributed by atoms with Gasteiger partial charge in [0.05, 0.1) is 0 Å². The minimum atomic E-state index is 0.775. The normalized spacial score (nSPS) is 14.9. The van der Waals surface area contributed by atoms with E-state index in [9.17, 15) is 0 Å². The molecule has 0 amide bonds. The summed E-state index contributed by atoms with van der Waals surface area (Å²) in [6.07, 6.45) is 9.54. The van der Waals surface area contributed by atoms with Crippen molar-refractivity contribution in [1.82, 2.24) is 0 Å².